The van der Waals surface area contributed by atoms with E-state index in [-0.39, 0.29) is 25.0 Å². The maximum absolute atomic E-state index is 13.3. The number of phosphoric acid groups is 1. The zero-order valence-corrected chi connectivity index (χ0v) is 20.3. The highest BCUT2D eigenvalue weighted by Crippen LogP contribution is 2.59. The molecule has 14 heteroatoms. The first-order chi connectivity index (χ1) is 16.8. The lowest BCUT2D eigenvalue weighted by Crippen LogP contribution is -2.47. The molecule has 2 saturated heterocycles. The first kappa shape index (κ1) is 24.1. The van der Waals surface area contributed by atoms with Gasteiger partial charge in [0.1, 0.15) is 17.8 Å². The number of nitrogens with zero attached hydrogens (tertiary/aromatic N) is 4. The van der Waals surface area contributed by atoms with E-state index in [9.17, 15) is 9.67 Å². The molecule has 4 heterocycles. The fourth-order valence-electron chi connectivity index (χ4n) is 4.31. The summed E-state index contributed by atoms with van der Waals surface area (Å²) in [7, 11) is -0.984. The third-order valence-electron chi connectivity index (χ3n) is 6.01. The molecular formula is C21H26N5O8P. The predicted molar refractivity (Wildman–Crippen MR) is 121 cm³/mol. The second-order valence-electron chi connectivity index (χ2n) is 8.41. The van der Waals surface area contributed by atoms with Crippen LogP contribution in [0.5, 0.6) is 5.88 Å². The Balaban J connectivity index is 1.37. The standard InChI is InChI=1S/C21H26N5O8P/c1-21(27)16-14(33-19(21)26-11-23-15-17(26)24-20(22)25-18(15)30-3)10-32-35(28,34-16)31-9-13-7-5-4-6-12(13)8-29-2/h4-7,11,14,16,19,27H,8-10H2,1-3H3,(H2,22,24,25). The lowest BCUT2D eigenvalue weighted by molar-refractivity contribution is -0.0911. The molecule has 0 amide bonds. The van der Waals surface area contributed by atoms with Crippen LogP contribution in [0.2, 0.25) is 0 Å². The van der Waals surface area contributed by atoms with Gasteiger partial charge in [-0.1, -0.05) is 24.3 Å². The van der Waals surface area contributed by atoms with E-state index in [1.165, 1.54) is 24.9 Å². The number of fused-ring (bicyclic) bond motifs is 2. The van der Waals surface area contributed by atoms with E-state index >= 15 is 0 Å². The van der Waals surface area contributed by atoms with Crippen molar-refractivity contribution < 1.29 is 37.5 Å². The van der Waals surface area contributed by atoms with Crippen molar-refractivity contribution in [3.05, 3.63) is 41.7 Å². The van der Waals surface area contributed by atoms with Crippen molar-refractivity contribution in [3.8, 4) is 5.88 Å². The topological polar surface area (TPSA) is 162 Å². The van der Waals surface area contributed by atoms with Crippen LogP contribution in [0.4, 0.5) is 5.95 Å². The summed E-state index contributed by atoms with van der Waals surface area (Å²) in [6.45, 7) is 1.75. The Morgan fingerprint density at radius 2 is 2.00 bits per heavy atom. The van der Waals surface area contributed by atoms with Crippen molar-refractivity contribution in [2.45, 2.75) is 44.2 Å². The van der Waals surface area contributed by atoms with E-state index < -0.39 is 31.9 Å². The number of hydrogen-bond donors (Lipinski definition) is 2. The van der Waals surface area contributed by atoms with E-state index in [0.29, 0.717) is 17.8 Å². The number of rotatable bonds is 7. The fraction of sp³-hybridized carbons (Fsp3) is 0.476. The van der Waals surface area contributed by atoms with Crippen molar-refractivity contribution in [2.75, 3.05) is 26.6 Å². The van der Waals surface area contributed by atoms with E-state index in [1.807, 2.05) is 24.3 Å². The molecule has 3 aromatic rings. The summed E-state index contributed by atoms with van der Waals surface area (Å²) in [6.07, 6.45) is -1.31. The third kappa shape index (κ3) is 4.29. The average molecular weight is 507 g/mol. The van der Waals surface area contributed by atoms with Gasteiger partial charge < -0.3 is 25.1 Å². The molecule has 2 aliphatic heterocycles. The maximum atomic E-state index is 13.3. The fourth-order valence-corrected chi connectivity index (χ4v) is 5.76. The van der Waals surface area contributed by atoms with Crippen LogP contribution >= 0.6 is 7.82 Å². The van der Waals surface area contributed by atoms with Gasteiger partial charge in [0.15, 0.2) is 17.4 Å². The van der Waals surface area contributed by atoms with Crippen molar-refractivity contribution in [3.63, 3.8) is 0 Å². The zero-order valence-electron chi connectivity index (χ0n) is 19.4. The smallest absolute Gasteiger partial charge is 0.475 e. The quantitative estimate of drug-likeness (QED) is 0.448. The minimum Gasteiger partial charge on any atom is -0.479 e. The molecule has 13 nitrogen and oxygen atoms in total. The number of nitrogen functional groups attached to an aromatic ring is 1. The van der Waals surface area contributed by atoms with Gasteiger partial charge >= 0.3 is 7.82 Å². The molecule has 5 rings (SSSR count). The summed E-state index contributed by atoms with van der Waals surface area (Å²) in [5, 5.41) is 11.5. The molecule has 0 radical (unpaired) electrons. The van der Waals surface area contributed by atoms with E-state index in [1.54, 1.807) is 7.11 Å². The minimum absolute atomic E-state index is 0.0250. The molecule has 0 spiro atoms. The molecule has 5 atom stereocenters. The Hall–Kier alpha value is -2.64. The van der Waals surface area contributed by atoms with Crippen molar-refractivity contribution in [1.82, 2.24) is 19.5 Å². The number of ether oxygens (including phenoxy) is 3. The summed E-state index contributed by atoms with van der Waals surface area (Å²) in [5.41, 5.74) is 6.46. The van der Waals surface area contributed by atoms with Gasteiger partial charge in [-0.25, -0.2) is 9.55 Å². The van der Waals surface area contributed by atoms with Crippen molar-refractivity contribution >= 4 is 24.9 Å². The van der Waals surface area contributed by atoms with Gasteiger partial charge in [-0.05, 0) is 18.1 Å². The van der Waals surface area contributed by atoms with Crippen LogP contribution in [-0.2, 0) is 40.8 Å². The van der Waals surface area contributed by atoms with Crippen LogP contribution < -0.4 is 10.5 Å². The summed E-state index contributed by atoms with van der Waals surface area (Å²) in [5.74, 6) is 0.157. The van der Waals surface area contributed by atoms with Gasteiger partial charge in [0.05, 0.1) is 33.3 Å². The van der Waals surface area contributed by atoms with Crippen LogP contribution in [0.15, 0.2) is 30.6 Å². The number of aromatic nitrogens is 4. The second kappa shape index (κ2) is 9.10. The molecular weight excluding hydrogens is 481 g/mol. The maximum Gasteiger partial charge on any atom is 0.475 e. The molecule has 2 aliphatic rings. The van der Waals surface area contributed by atoms with E-state index in [4.69, 9.17) is 33.5 Å². The molecule has 1 aromatic carbocycles. The number of nitrogens with two attached hydrogens (primary N) is 1. The molecule has 0 saturated carbocycles. The van der Waals surface area contributed by atoms with Crippen LogP contribution in [0.3, 0.4) is 0 Å². The van der Waals surface area contributed by atoms with Crippen LogP contribution in [-0.4, -0.2) is 63.3 Å². The van der Waals surface area contributed by atoms with Gasteiger partial charge in [-0.3, -0.25) is 18.1 Å². The van der Waals surface area contributed by atoms with Gasteiger partial charge in [0, 0.05) is 7.11 Å². The largest absolute Gasteiger partial charge is 0.479 e. The summed E-state index contributed by atoms with van der Waals surface area (Å²) >= 11 is 0. The normalized spacial score (nSPS) is 30.5. The molecule has 188 valence electrons. The Morgan fingerprint density at radius 3 is 2.71 bits per heavy atom. The lowest BCUT2D eigenvalue weighted by atomic mass is 9.96. The Morgan fingerprint density at radius 1 is 1.26 bits per heavy atom. The lowest BCUT2D eigenvalue weighted by Gasteiger charge is -2.35. The number of imidazole rings is 1. The van der Waals surface area contributed by atoms with Gasteiger partial charge in [-0.15, -0.1) is 0 Å². The Labute approximate surface area is 200 Å². The molecule has 3 N–H and O–H groups in total. The first-order valence-electron chi connectivity index (χ1n) is 10.8. The molecule has 0 aliphatic carbocycles. The number of benzene rings is 1. The average Bonchev–Trinajstić information content (AvgIpc) is 3.36. The number of methoxy groups -OCH3 is 2. The highest BCUT2D eigenvalue weighted by molar-refractivity contribution is 7.48. The zero-order chi connectivity index (χ0) is 24.8. The predicted octanol–water partition coefficient (Wildman–Crippen LogP) is 1.95. The number of hydrogen-bond acceptors (Lipinski definition) is 12. The molecule has 35 heavy (non-hydrogen) atoms. The Kier molecular flexibility index (Phi) is 6.26. The summed E-state index contributed by atoms with van der Waals surface area (Å²) in [6, 6.07) is 7.44. The minimum atomic E-state index is -4.01. The SMILES string of the molecule is COCc1ccccc1COP1(=O)OCC2OC(n3cnc4c(OC)nc(N)nc43)C(C)(O)C2O1. The van der Waals surface area contributed by atoms with Crippen LogP contribution in [0.25, 0.3) is 11.2 Å². The van der Waals surface area contributed by atoms with Crippen LogP contribution in [0, 0.1) is 0 Å². The summed E-state index contributed by atoms with van der Waals surface area (Å²) < 4.78 is 48.1. The monoisotopic (exact) mass is 507 g/mol. The van der Waals surface area contributed by atoms with Gasteiger partial charge in [-0.2, -0.15) is 9.97 Å². The van der Waals surface area contributed by atoms with Crippen molar-refractivity contribution in [2.24, 2.45) is 0 Å². The molecule has 2 aromatic heterocycles. The molecule has 0 bridgehead atoms. The Bertz CT molecular complexity index is 1280. The molecule has 5 unspecified atom stereocenters. The van der Waals surface area contributed by atoms with Crippen LogP contribution in [0.1, 0.15) is 24.3 Å². The van der Waals surface area contributed by atoms with Crippen molar-refractivity contribution in [1.29, 1.82) is 0 Å². The van der Waals surface area contributed by atoms with E-state index in [2.05, 4.69) is 15.0 Å². The highest BCUT2D eigenvalue weighted by atomic mass is 31.2. The second-order valence-corrected chi connectivity index (χ2v) is 10.0. The van der Waals surface area contributed by atoms with Gasteiger partial charge in [0.25, 0.3) is 0 Å². The third-order valence-corrected chi connectivity index (χ3v) is 7.40. The van der Waals surface area contributed by atoms with Gasteiger partial charge in [0.2, 0.25) is 11.8 Å². The number of phosphoric ester groups is 1. The first-order valence-corrected chi connectivity index (χ1v) is 12.3. The highest BCUT2D eigenvalue weighted by Gasteiger charge is 2.60. The number of anilines is 1. The molecule has 2 fully saturated rings. The number of aliphatic hydroxyl groups is 1. The summed E-state index contributed by atoms with van der Waals surface area (Å²) in [4.78, 5) is 12.5. The van der Waals surface area contributed by atoms with E-state index in [0.717, 1.165) is 11.1 Å².